The van der Waals surface area contributed by atoms with Crippen molar-refractivity contribution < 1.29 is 9.90 Å². The molecule has 2 aromatic heterocycles. The second-order valence-corrected chi connectivity index (χ2v) is 12.1. The topological polar surface area (TPSA) is 99.8 Å². The minimum atomic E-state index is -0.672. The van der Waals surface area contributed by atoms with Crippen LogP contribution in [-0.2, 0) is 6.54 Å². The number of aromatic nitrogens is 2. The molecule has 4 N–H and O–H groups in total. The zero-order valence-electron chi connectivity index (χ0n) is 26.3. The number of rotatable bonds is 14. The van der Waals surface area contributed by atoms with E-state index in [4.69, 9.17) is 4.98 Å². The maximum absolute atomic E-state index is 13.4. The number of likely N-dealkylation sites (N-methyl/N-ethyl adjacent to an activating group) is 1. The van der Waals surface area contributed by atoms with Gasteiger partial charge in [0.1, 0.15) is 11.6 Å². The second-order valence-electron chi connectivity index (χ2n) is 12.1. The number of unbranched alkanes of at least 4 members (excludes halogenated alkanes) is 1. The largest absolute Gasteiger partial charge is 0.390 e. The molecular formula is C33H53N7O2. The number of carbonyl (C=O) groups excluding carboxylic acids is 1. The fourth-order valence-electron chi connectivity index (χ4n) is 5.99. The number of H-pyrrole nitrogens is 1. The van der Waals surface area contributed by atoms with Crippen molar-refractivity contribution in [1.29, 1.82) is 0 Å². The third kappa shape index (κ3) is 9.31. The van der Waals surface area contributed by atoms with E-state index in [0.717, 1.165) is 88.7 Å². The van der Waals surface area contributed by atoms with E-state index in [9.17, 15) is 9.90 Å². The lowest BCUT2D eigenvalue weighted by molar-refractivity contribution is 0.0847. The third-order valence-corrected chi connectivity index (χ3v) is 8.39. The van der Waals surface area contributed by atoms with E-state index in [1.54, 1.807) is 0 Å². The summed E-state index contributed by atoms with van der Waals surface area (Å²) >= 11 is 0. The van der Waals surface area contributed by atoms with Gasteiger partial charge in [-0.15, -0.1) is 0 Å². The van der Waals surface area contributed by atoms with Crippen LogP contribution in [0.4, 0.5) is 11.6 Å². The number of aromatic amines is 1. The number of piperazine rings is 1. The van der Waals surface area contributed by atoms with Gasteiger partial charge >= 0.3 is 0 Å². The van der Waals surface area contributed by atoms with Crippen molar-refractivity contribution in [3.8, 4) is 0 Å². The van der Waals surface area contributed by atoms with E-state index in [2.05, 4.69) is 76.4 Å². The first-order valence-electron chi connectivity index (χ1n) is 16.1. The maximum Gasteiger partial charge on any atom is 0.251 e. The molecule has 2 aromatic rings. The smallest absolute Gasteiger partial charge is 0.251 e. The SMILES string of the molecule is C/C=c1/cc(CN(CCC)CC(O)CNC(=O)c2cc(NC3CCCC3)nc(N3CCN(C)CC3)c2)[nH]/c1=C/CCC. The van der Waals surface area contributed by atoms with Crippen LogP contribution in [0, 0.1) is 0 Å². The maximum atomic E-state index is 13.4. The number of carbonyl (C=O) groups is 1. The van der Waals surface area contributed by atoms with Gasteiger partial charge in [0.05, 0.1) is 6.10 Å². The van der Waals surface area contributed by atoms with Crippen LogP contribution in [0.25, 0.3) is 12.2 Å². The molecule has 0 spiro atoms. The van der Waals surface area contributed by atoms with Crippen LogP contribution in [0.1, 0.15) is 81.8 Å². The van der Waals surface area contributed by atoms with Gasteiger partial charge < -0.3 is 30.5 Å². The Labute approximate surface area is 252 Å². The summed E-state index contributed by atoms with van der Waals surface area (Å²) in [6, 6.07) is 6.38. The van der Waals surface area contributed by atoms with Crippen molar-refractivity contribution in [1.82, 2.24) is 25.1 Å². The number of nitrogens with one attached hydrogen (secondary N) is 3. The molecule has 3 heterocycles. The van der Waals surface area contributed by atoms with Gasteiger partial charge in [-0.25, -0.2) is 4.98 Å². The van der Waals surface area contributed by atoms with Crippen molar-refractivity contribution in [2.45, 2.75) is 84.4 Å². The highest BCUT2D eigenvalue weighted by molar-refractivity contribution is 5.95. The zero-order chi connectivity index (χ0) is 29.9. The average Bonchev–Trinajstić information content (AvgIpc) is 3.64. The number of amides is 1. The lowest BCUT2D eigenvalue weighted by Gasteiger charge is -2.33. The molecule has 232 valence electrons. The summed E-state index contributed by atoms with van der Waals surface area (Å²) in [5, 5.41) is 19.9. The summed E-state index contributed by atoms with van der Waals surface area (Å²) in [7, 11) is 2.14. The fourth-order valence-corrected chi connectivity index (χ4v) is 5.99. The highest BCUT2D eigenvalue weighted by atomic mass is 16.3. The van der Waals surface area contributed by atoms with Crippen LogP contribution < -0.4 is 26.1 Å². The van der Waals surface area contributed by atoms with E-state index in [1.807, 2.05) is 12.1 Å². The van der Waals surface area contributed by atoms with Gasteiger partial charge in [0.25, 0.3) is 5.91 Å². The molecule has 1 aliphatic carbocycles. The number of pyridine rings is 1. The zero-order valence-corrected chi connectivity index (χ0v) is 26.3. The lowest BCUT2D eigenvalue weighted by atomic mass is 10.2. The molecule has 42 heavy (non-hydrogen) atoms. The number of aliphatic hydroxyl groups is 1. The Morgan fingerprint density at radius 2 is 1.93 bits per heavy atom. The summed E-state index contributed by atoms with van der Waals surface area (Å²) in [5.74, 6) is 1.44. The first-order chi connectivity index (χ1) is 20.4. The highest BCUT2D eigenvalue weighted by Crippen LogP contribution is 2.25. The Morgan fingerprint density at radius 1 is 1.17 bits per heavy atom. The van der Waals surface area contributed by atoms with Gasteiger partial charge in [0.15, 0.2) is 0 Å². The Hall–Kier alpha value is -2.88. The summed E-state index contributed by atoms with van der Waals surface area (Å²) in [5.41, 5.74) is 1.73. The van der Waals surface area contributed by atoms with E-state index < -0.39 is 6.10 Å². The van der Waals surface area contributed by atoms with Gasteiger partial charge in [0, 0.05) is 68.5 Å². The molecule has 0 aromatic carbocycles. The average molecular weight is 580 g/mol. The quantitative estimate of drug-likeness (QED) is 0.273. The molecular weight excluding hydrogens is 526 g/mol. The molecule has 2 fully saturated rings. The molecule has 0 bridgehead atoms. The summed E-state index contributed by atoms with van der Waals surface area (Å²) in [6.45, 7) is 12.4. The molecule has 2 aliphatic rings. The minimum absolute atomic E-state index is 0.174. The van der Waals surface area contributed by atoms with Gasteiger partial charge in [-0.1, -0.05) is 45.3 Å². The van der Waals surface area contributed by atoms with Crippen LogP contribution in [0.15, 0.2) is 18.2 Å². The van der Waals surface area contributed by atoms with Crippen molar-refractivity contribution in [2.75, 3.05) is 63.1 Å². The van der Waals surface area contributed by atoms with Gasteiger partial charge in [0.2, 0.25) is 0 Å². The molecule has 4 rings (SSSR count). The molecule has 0 radical (unpaired) electrons. The van der Waals surface area contributed by atoms with Crippen LogP contribution >= 0.6 is 0 Å². The molecule has 1 aliphatic heterocycles. The van der Waals surface area contributed by atoms with Crippen LogP contribution in [-0.4, -0.2) is 95.8 Å². The van der Waals surface area contributed by atoms with Gasteiger partial charge in [-0.05, 0) is 69.6 Å². The molecule has 1 amide bonds. The number of anilines is 2. The number of hydrogen-bond acceptors (Lipinski definition) is 7. The minimum Gasteiger partial charge on any atom is -0.390 e. The molecule has 1 saturated carbocycles. The first-order valence-corrected chi connectivity index (χ1v) is 16.1. The van der Waals surface area contributed by atoms with Gasteiger partial charge in [-0.2, -0.15) is 0 Å². The van der Waals surface area contributed by atoms with E-state index in [0.29, 0.717) is 18.2 Å². The third-order valence-electron chi connectivity index (χ3n) is 8.39. The summed E-state index contributed by atoms with van der Waals surface area (Å²) in [4.78, 5) is 28.7. The molecule has 1 saturated heterocycles. The monoisotopic (exact) mass is 579 g/mol. The van der Waals surface area contributed by atoms with Crippen LogP contribution in [0.2, 0.25) is 0 Å². The van der Waals surface area contributed by atoms with Crippen molar-refractivity contribution in [2.24, 2.45) is 0 Å². The predicted molar refractivity (Wildman–Crippen MR) is 173 cm³/mol. The predicted octanol–water partition coefficient (Wildman–Crippen LogP) is 2.90. The van der Waals surface area contributed by atoms with Crippen LogP contribution in [0.3, 0.4) is 0 Å². The highest BCUT2D eigenvalue weighted by Gasteiger charge is 2.21. The van der Waals surface area contributed by atoms with E-state index in [1.165, 1.54) is 23.4 Å². The molecule has 1 unspecified atom stereocenters. The Kier molecular flexibility index (Phi) is 12.3. The summed E-state index contributed by atoms with van der Waals surface area (Å²) < 4.78 is 0. The van der Waals surface area contributed by atoms with Crippen molar-refractivity contribution >= 4 is 29.7 Å². The lowest BCUT2D eigenvalue weighted by Crippen LogP contribution is -2.45. The second kappa shape index (κ2) is 16.1. The Morgan fingerprint density at radius 3 is 2.62 bits per heavy atom. The normalized spacial score (nSPS) is 18.3. The molecule has 9 heteroatoms. The van der Waals surface area contributed by atoms with Crippen LogP contribution in [0.5, 0.6) is 0 Å². The Bertz CT molecular complexity index is 1250. The van der Waals surface area contributed by atoms with Crippen molar-refractivity contribution in [3.63, 3.8) is 0 Å². The van der Waals surface area contributed by atoms with E-state index in [-0.39, 0.29) is 12.5 Å². The molecule has 1 atom stereocenters. The Balaban J connectivity index is 1.39. The van der Waals surface area contributed by atoms with Crippen molar-refractivity contribution in [3.05, 3.63) is 40.0 Å². The van der Waals surface area contributed by atoms with E-state index >= 15 is 0 Å². The number of aliphatic hydroxyl groups excluding tert-OH is 1. The standard InChI is InChI=1S/C33H53N7O2/c1-5-8-13-30-25(7-3)19-28(35-30)23-39(14-6-2)24-29(41)22-34-33(42)26-20-31(36-27-11-9-10-12-27)37-32(21-26)40-17-15-38(4)16-18-40/h7,13,19-21,27,29,35,41H,5-6,8-12,14-18,22-24H2,1-4H3,(H,34,42)(H,36,37)/b25-7-,30-13+. The first kappa shape index (κ1) is 32.0. The molecule has 9 nitrogen and oxygen atoms in total. The number of hydrogen-bond donors (Lipinski definition) is 4. The van der Waals surface area contributed by atoms with Gasteiger partial charge in [-0.3, -0.25) is 9.69 Å². The summed E-state index contributed by atoms with van der Waals surface area (Å²) in [6.07, 6.45) is 11.6. The number of nitrogens with zero attached hydrogens (tertiary/aromatic N) is 4. The fraction of sp³-hybridized carbons (Fsp3) is 0.636.